The molecule has 5 nitrogen and oxygen atoms in total. The van der Waals surface area contributed by atoms with Crippen molar-refractivity contribution in [2.75, 3.05) is 16.9 Å². The first-order valence-electron chi connectivity index (χ1n) is 9.82. The van der Waals surface area contributed by atoms with Gasteiger partial charge in [0.25, 0.3) is 5.91 Å². The van der Waals surface area contributed by atoms with Crippen LogP contribution in [-0.2, 0) is 0 Å². The molecule has 0 saturated heterocycles. The summed E-state index contributed by atoms with van der Waals surface area (Å²) >= 11 is 3.25. The van der Waals surface area contributed by atoms with Gasteiger partial charge >= 0.3 is 0 Å². The van der Waals surface area contributed by atoms with Gasteiger partial charge in [-0.3, -0.25) is 4.79 Å². The van der Waals surface area contributed by atoms with E-state index in [1.54, 1.807) is 41.4 Å². The van der Waals surface area contributed by atoms with Gasteiger partial charge in [0, 0.05) is 21.5 Å². The van der Waals surface area contributed by atoms with Crippen molar-refractivity contribution in [3.8, 4) is 0 Å². The van der Waals surface area contributed by atoms with Gasteiger partial charge in [-0.2, -0.15) is 0 Å². The maximum atomic E-state index is 12.6. The number of rotatable bonds is 7. The fraction of sp³-hybridized carbons (Fsp3) is 0.167. The van der Waals surface area contributed by atoms with E-state index in [1.807, 2.05) is 26.0 Å². The van der Waals surface area contributed by atoms with E-state index in [-0.39, 0.29) is 17.7 Å². The highest BCUT2D eigenvalue weighted by atomic mass is 32.2. The SMILES string of the molecule is CSc1ccc(C(Nc2cc(C)ccn2)c2cc(C)sc2NC(=O)c2ccco2)cc1. The number of aryl methyl sites for hydroxylation is 2. The molecule has 0 spiro atoms. The van der Waals surface area contributed by atoms with Crippen molar-refractivity contribution < 1.29 is 9.21 Å². The Labute approximate surface area is 189 Å². The zero-order valence-corrected chi connectivity index (χ0v) is 19.1. The summed E-state index contributed by atoms with van der Waals surface area (Å²) in [4.78, 5) is 19.4. The van der Waals surface area contributed by atoms with Gasteiger partial charge in [-0.05, 0) is 73.7 Å². The van der Waals surface area contributed by atoms with Crippen LogP contribution >= 0.6 is 23.1 Å². The van der Waals surface area contributed by atoms with Crippen molar-refractivity contribution in [2.45, 2.75) is 24.8 Å². The average Bonchev–Trinajstić information content (AvgIpc) is 3.42. The Hall–Kier alpha value is -3.03. The normalized spacial score (nSPS) is 11.8. The van der Waals surface area contributed by atoms with Crippen LogP contribution < -0.4 is 10.6 Å². The van der Waals surface area contributed by atoms with Crippen molar-refractivity contribution >= 4 is 39.8 Å². The third-order valence-electron chi connectivity index (χ3n) is 4.82. The Morgan fingerprint density at radius 2 is 1.94 bits per heavy atom. The number of furan rings is 1. The number of thiophene rings is 1. The van der Waals surface area contributed by atoms with Crippen molar-refractivity contribution in [3.63, 3.8) is 0 Å². The van der Waals surface area contributed by atoms with Crippen LogP contribution in [0.15, 0.2) is 76.4 Å². The summed E-state index contributed by atoms with van der Waals surface area (Å²) in [5.74, 6) is 0.801. The lowest BCUT2D eigenvalue weighted by molar-refractivity contribution is 0.0997. The Morgan fingerprint density at radius 3 is 2.61 bits per heavy atom. The zero-order valence-electron chi connectivity index (χ0n) is 17.5. The van der Waals surface area contributed by atoms with E-state index in [9.17, 15) is 4.79 Å². The van der Waals surface area contributed by atoms with Crippen LogP contribution in [0.4, 0.5) is 10.8 Å². The Balaban J connectivity index is 1.73. The van der Waals surface area contributed by atoms with Crippen LogP contribution in [0.25, 0.3) is 0 Å². The van der Waals surface area contributed by atoms with Crippen LogP contribution in [0, 0.1) is 13.8 Å². The number of anilines is 2. The fourth-order valence-corrected chi connectivity index (χ4v) is 4.67. The fourth-order valence-electron chi connectivity index (χ4n) is 3.32. The maximum absolute atomic E-state index is 12.6. The van der Waals surface area contributed by atoms with E-state index < -0.39 is 0 Å². The molecule has 1 atom stereocenters. The molecule has 1 amide bonds. The number of pyridine rings is 1. The first-order chi connectivity index (χ1) is 15.0. The number of amides is 1. The highest BCUT2D eigenvalue weighted by Crippen LogP contribution is 2.38. The molecule has 3 heterocycles. The molecule has 4 rings (SSSR count). The van der Waals surface area contributed by atoms with Crippen molar-refractivity contribution in [3.05, 3.63) is 94.4 Å². The van der Waals surface area contributed by atoms with Crippen LogP contribution in [0.3, 0.4) is 0 Å². The number of nitrogens with zero attached hydrogens (tertiary/aromatic N) is 1. The predicted molar refractivity (Wildman–Crippen MR) is 128 cm³/mol. The number of hydrogen-bond donors (Lipinski definition) is 2. The summed E-state index contributed by atoms with van der Waals surface area (Å²) in [6.45, 7) is 4.08. The molecule has 1 aromatic carbocycles. The van der Waals surface area contributed by atoms with Gasteiger partial charge in [0.1, 0.15) is 10.8 Å². The Kier molecular flexibility index (Phi) is 6.44. The summed E-state index contributed by atoms with van der Waals surface area (Å²) < 4.78 is 5.26. The number of carbonyl (C=O) groups is 1. The summed E-state index contributed by atoms with van der Waals surface area (Å²) in [5.41, 5.74) is 3.21. The number of hydrogen-bond acceptors (Lipinski definition) is 6. The van der Waals surface area contributed by atoms with Gasteiger partial charge in [-0.1, -0.05) is 12.1 Å². The molecule has 0 aliphatic rings. The van der Waals surface area contributed by atoms with E-state index in [2.05, 4.69) is 52.2 Å². The number of nitrogens with one attached hydrogen (secondary N) is 2. The number of carbonyl (C=O) groups excluding carboxylic acids is 1. The summed E-state index contributed by atoms with van der Waals surface area (Å²) in [5, 5.41) is 7.38. The van der Waals surface area contributed by atoms with Crippen molar-refractivity contribution in [1.82, 2.24) is 4.98 Å². The first kappa shape index (κ1) is 21.2. The summed E-state index contributed by atoms with van der Waals surface area (Å²) in [7, 11) is 0. The second-order valence-corrected chi connectivity index (χ2v) is 9.28. The largest absolute Gasteiger partial charge is 0.459 e. The van der Waals surface area contributed by atoms with Gasteiger partial charge < -0.3 is 15.1 Å². The van der Waals surface area contributed by atoms with E-state index in [0.29, 0.717) is 0 Å². The van der Waals surface area contributed by atoms with Crippen LogP contribution in [0.1, 0.15) is 38.2 Å². The molecule has 4 aromatic rings. The van der Waals surface area contributed by atoms with Crippen molar-refractivity contribution in [2.24, 2.45) is 0 Å². The molecule has 0 bridgehead atoms. The van der Waals surface area contributed by atoms with E-state index >= 15 is 0 Å². The van der Waals surface area contributed by atoms with Crippen LogP contribution in [0.2, 0.25) is 0 Å². The van der Waals surface area contributed by atoms with E-state index in [4.69, 9.17) is 4.42 Å². The number of aromatic nitrogens is 1. The molecule has 2 N–H and O–H groups in total. The second kappa shape index (κ2) is 9.41. The average molecular weight is 450 g/mol. The quantitative estimate of drug-likeness (QED) is 0.314. The molecule has 3 aromatic heterocycles. The minimum absolute atomic E-state index is 0.179. The number of thioether (sulfide) groups is 1. The van der Waals surface area contributed by atoms with E-state index in [1.165, 1.54) is 11.2 Å². The summed E-state index contributed by atoms with van der Waals surface area (Å²) in [6.07, 6.45) is 5.35. The summed E-state index contributed by atoms with van der Waals surface area (Å²) in [6, 6.07) is 17.7. The number of benzene rings is 1. The lowest BCUT2D eigenvalue weighted by Gasteiger charge is -2.21. The smallest absolute Gasteiger partial charge is 0.291 e. The molecule has 0 aliphatic heterocycles. The molecule has 0 fully saturated rings. The molecule has 0 saturated carbocycles. The topological polar surface area (TPSA) is 67.2 Å². The highest BCUT2D eigenvalue weighted by molar-refractivity contribution is 7.98. The van der Waals surface area contributed by atoms with Crippen LogP contribution in [0.5, 0.6) is 0 Å². The van der Waals surface area contributed by atoms with Gasteiger partial charge in [-0.15, -0.1) is 23.1 Å². The second-order valence-electron chi connectivity index (χ2n) is 7.14. The molecule has 158 valence electrons. The van der Waals surface area contributed by atoms with Gasteiger partial charge in [0.15, 0.2) is 5.76 Å². The lowest BCUT2D eigenvalue weighted by atomic mass is 10.00. The minimum atomic E-state index is -0.265. The molecule has 0 radical (unpaired) electrons. The Morgan fingerprint density at radius 1 is 1.13 bits per heavy atom. The van der Waals surface area contributed by atoms with Crippen LogP contribution in [-0.4, -0.2) is 17.1 Å². The standard InChI is InChI=1S/C24H23N3O2S2/c1-15-10-11-25-21(13-15)26-22(17-6-8-18(30-3)9-7-17)19-14-16(2)31-24(19)27-23(28)20-5-4-12-29-20/h4-14,22H,1-3H3,(H,25,26)(H,27,28). The predicted octanol–water partition coefficient (Wildman–Crippen LogP) is 6.53. The molecule has 31 heavy (non-hydrogen) atoms. The first-order valence-corrected chi connectivity index (χ1v) is 11.9. The highest BCUT2D eigenvalue weighted by Gasteiger charge is 2.23. The molecular formula is C24H23N3O2S2. The lowest BCUT2D eigenvalue weighted by Crippen LogP contribution is -2.17. The molecular weight excluding hydrogens is 426 g/mol. The third-order valence-corrected chi connectivity index (χ3v) is 6.55. The van der Waals surface area contributed by atoms with E-state index in [0.717, 1.165) is 32.4 Å². The van der Waals surface area contributed by atoms with Gasteiger partial charge in [-0.25, -0.2) is 4.98 Å². The molecule has 7 heteroatoms. The monoisotopic (exact) mass is 449 g/mol. The maximum Gasteiger partial charge on any atom is 0.291 e. The zero-order chi connectivity index (χ0) is 21.8. The molecule has 1 unspecified atom stereocenters. The van der Waals surface area contributed by atoms with Gasteiger partial charge in [0.2, 0.25) is 0 Å². The Bertz CT molecular complexity index is 1170. The van der Waals surface area contributed by atoms with Crippen molar-refractivity contribution in [1.29, 1.82) is 0 Å². The van der Waals surface area contributed by atoms with Gasteiger partial charge in [0.05, 0.1) is 12.3 Å². The third kappa shape index (κ3) is 5.00. The molecule has 0 aliphatic carbocycles. The minimum Gasteiger partial charge on any atom is -0.459 e.